The number of carbonyl (C=O) groups is 2. The first-order chi connectivity index (χ1) is 18.2. The molecule has 0 bridgehead atoms. The Kier molecular flexibility index (Phi) is 6.23. The minimum atomic E-state index is -0.153. The van der Waals surface area contributed by atoms with Crippen molar-refractivity contribution in [1.82, 2.24) is 24.6 Å². The number of benzene rings is 2. The first-order valence-electron chi connectivity index (χ1n) is 11.9. The maximum atomic E-state index is 13.1. The molecule has 0 atom stereocenters. The summed E-state index contributed by atoms with van der Waals surface area (Å²) in [4.78, 5) is 29.1. The van der Waals surface area contributed by atoms with E-state index in [0.717, 1.165) is 16.5 Å². The topological polar surface area (TPSA) is 97.6 Å². The number of hydrogen-bond acceptors (Lipinski definition) is 7. The minimum absolute atomic E-state index is 0.0119. The molecule has 1 aliphatic heterocycles. The Labute approximate surface area is 216 Å². The molecule has 0 unspecified atom stereocenters. The van der Waals surface area contributed by atoms with Gasteiger partial charge in [0.05, 0.1) is 24.0 Å². The van der Waals surface area contributed by atoms with Crippen LogP contribution in [0.2, 0.25) is 0 Å². The Morgan fingerprint density at radius 2 is 1.57 bits per heavy atom. The summed E-state index contributed by atoms with van der Waals surface area (Å²) in [6, 6.07) is 21.2. The van der Waals surface area contributed by atoms with Crippen molar-refractivity contribution in [3.63, 3.8) is 0 Å². The van der Waals surface area contributed by atoms with Crippen molar-refractivity contribution >= 4 is 34.3 Å². The second kappa shape index (κ2) is 9.98. The quantitative estimate of drug-likeness (QED) is 0.311. The zero-order valence-corrected chi connectivity index (χ0v) is 20.6. The molecule has 0 N–H and O–H groups in total. The number of amides is 2. The average Bonchev–Trinajstić information content (AvgIpc) is 3.73. The Morgan fingerprint density at radius 1 is 0.811 bits per heavy atom. The summed E-state index contributed by atoms with van der Waals surface area (Å²) in [5.74, 6) is 1.52. The molecule has 9 nitrogen and oxygen atoms in total. The smallest absolute Gasteiger partial charge is 0.289 e. The van der Waals surface area contributed by atoms with Gasteiger partial charge in [-0.3, -0.25) is 14.2 Å². The van der Waals surface area contributed by atoms with Crippen molar-refractivity contribution in [2.75, 3.05) is 31.9 Å². The zero-order chi connectivity index (χ0) is 25.2. The van der Waals surface area contributed by atoms with Gasteiger partial charge in [0, 0.05) is 31.6 Å². The number of carbonyl (C=O) groups excluding carboxylic acids is 2. The Hall–Kier alpha value is -4.31. The lowest BCUT2D eigenvalue weighted by Gasteiger charge is -2.34. The second-order valence-corrected chi connectivity index (χ2v) is 9.50. The monoisotopic (exact) mass is 513 g/mol. The van der Waals surface area contributed by atoms with Gasteiger partial charge in [0.1, 0.15) is 0 Å². The van der Waals surface area contributed by atoms with Crippen LogP contribution < -0.4 is 0 Å². The van der Waals surface area contributed by atoms with E-state index < -0.39 is 0 Å². The van der Waals surface area contributed by atoms with E-state index in [1.165, 1.54) is 18.0 Å². The second-order valence-electron chi connectivity index (χ2n) is 8.56. The highest BCUT2D eigenvalue weighted by Crippen LogP contribution is 2.32. The standard InChI is InChI=1S/C27H23N5O4S/c33-24(30-12-14-31(15-13-30)26(34)23-11-5-17-36-23)18-37-27-29-28-25(22-10-4-16-35-22)32(27)21-9-3-7-19-6-1-2-8-20(19)21/h1-11,16-17H,12-15,18H2. The Balaban J connectivity index is 1.20. The van der Waals surface area contributed by atoms with Crippen molar-refractivity contribution in [3.05, 3.63) is 85.0 Å². The largest absolute Gasteiger partial charge is 0.461 e. The van der Waals surface area contributed by atoms with Crippen LogP contribution in [-0.4, -0.2) is 68.3 Å². The van der Waals surface area contributed by atoms with Crippen molar-refractivity contribution in [3.8, 4) is 17.3 Å². The van der Waals surface area contributed by atoms with Gasteiger partial charge >= 0.3 is 0 Å². The summed E-state index contributed by atoms with van der Waals surface area (Å²) < 4.78 is 12.8. The SMILES string of the molecule is O=C(CSc1nnc(-c2ccco2)n1-c1cccc2ccccc12)N1CCN(C(=O)c2ccco2)CC1. The number of aromatic nitrogens is 3. The van der Waals surface area contributed by atoms with E-state index in [1.54, 1.807) is 28.2 Å². The normalized spacial score (nSPS) is 13.8. The van der Waals surface area contributed by atoms with E-state index >= 15 is 0 Å². The Morgan fingerprint density at radius 3 is 2.35 bits per heavy atom. The van der Waals surface area contributed by atoms with E-state index in [4.69, 9.17) is 8.83 Å². The van der Waals surface area contributed by atoms with Gasteiger partial charge < -0.3 is 18.6 Å². The van der Waals surface area contributed by atoms with Crippen LogP contribution in [0.5, 0.6) is 0 Å². The van der Waals surface area contributed by atoms with Gasteiger partial charge in [-0.2, -0.15) is 0 Å². The predicted octanol–water partition coefficient (Wildman–Crippen LogP) is 4.35. The summed E-state index contributed by atoms with van der Waals surface area (Å²) in [5, 5.41) is 11.6. The van der Waals surface area contributed by atoms with E-state index in [-0.39, 0.29) is 17.6 Å². The molecule has 2 amide bonds. The number of hydrogen-bond donors (Lipinski definition) is 0. The molecule has 1 aliphatic rings. The third-order valence-corrected chi connectivity index (χ3v) is 7.27. The van der Waals surface area contributed by atoms with Crippen LogP contribution in [0, 0.1) is 0 Å². The zero-order valence-electron chi connectivity index (χ0n) is 19.8. The number of fused-ring (bicyclic) bond motifs is 1. The van der Waals surface area contributed by atoms with Gasteiger partial charge in [-0.15, -0.1) is 10.2 Å². The molecule has 0 radical (unpaired) electrons. The highest BCUT2D eigenvalue weighted by molar-refractivity contribution is 7.99. The van der Waals surface area contributed by atoms with E-state index in [0.29, 0.717) is 48.7 Å². The molecule has 0 saturated carbocycles. The fourth-order valence-corrected chi connectivity index (χ4v) is 5.33. The fourth-order valence-electron chi connectivity index (χ4n) is 4.48. The first-order valence-corrected chi connectivity index (χ1v) is 12.9. The van der Waals surface area contributed by atoms with Gasteiger partial charge in [0.25, 0.3) is 5.91 Å². The van der Waals surface area contributed by atoms with E-state index in [1.807, 2.05) is 41.0 Å². The predicted molar refractivity (Wildman–Crippen MR) is 138 cm³/mol. The fraction of sp³-hybridized carbons (Fsp3) is 0.185. The number of rotatable bonds is 6. The van der Waals surface area contributed by atoms with E-state index in [9.17, 15) is 9.59 Å². The van der Waals surface area contributed by atoms with Gasteiger partial charge in [-0.1, -0.05) is 48.2 Å². The van der Waals surface area contributed by atoms with Crippen molar-refractivity contribution in [2.24, 2.45) is 0 Å². The third kappa shape index (κ3) is 4.51. The minimum Gasteiger partial charge on any atom is -0.461 e. The van der Waals surface area contributed by atoms with Crippen molar-refractivity contribution in [1.29, 1.82) is 0 Å². The van der Waals surface area contributed by atoms with Crippen molar-refractivity contribution in [2.45, 2.75) is 5.16 Å². The molecule has 1 fully saturated rings. The van der Waals surface area contributed by atoms with Crippen LogP contribution in [0.1, 0.15) is 10.6 Å². The number of furan rings is 2. The van der Waals surface area contributed by atoms with Gasteiger partial charge in [0.2, 0.25) is 11.7 Å². The van der Waals surface area contributed by atoms with Crippen molar-refractivity contribution < 1.29 is 18.4 Å². The molecule has 2 aromatic carbocycles. The molecule has 10 heteroatoms. The van der Waals surface area contributed by atoms with Gasteiger partial charge in [-0.25, -0.2) is 0 Å². The summed E-state index contributed by atoms with van der Waals surface area (Å²) in [5.41, 5.74) is 0.912. The Bertz CT molecular complexity index is 1530. The highest BCUT2D eigenvalue weighted by atomic mass is 32.2. The number of thioether (sulfide) groups is 1. The lowest BCUT2D eigenvalue weighted by molar-refractivity contribution is -0.129. The molecule has 0 spiro atoms. The molecule has 3 aromatic heterocycles. The molecule has 37 heavy (non-hydrogen) atoms. The average molecular weight is 514 g/mol. The number of nitrogens with zero attached hydrogens (tertiary/aromatic N) is 5. The molecule has 186 valence electrons. The number of piperazine rings is 1. The molecule has 0 aliphatic carbocycles. The lowest BCUT2D eigenvalue weighted by atomic mass is 10.1. The molecule has 1 saturated heterocycles. The van der Waals surface area contributed by atoms with Crippen LogP contribution in [0.25, 0.3) is 28.0 Å². The molecule has 4 heterocycles. The van der Waals surface area contributed by atoms with Gasteiger partial charge in [-0.05, 0) is 35.7 Å². The van der Waals surface area contributed by atoms with Gasteiger partial charge in [0.15, 0.2) is 16.7 Å². The molecule has 5 aromatic rings. The first kappa shape index (κ1) is 23.1. The van der Waals surface area contributed by atoms with Crippen LogP contribution in [-0.2, 0) is 4.79 Å². The highest BCUT2D eigenvalue weighted by Gasteiger charge is 2.27. The summed E-state index contributed by atoms with van der Waals surface area (Å²) >= 11 is 1.34. The van der Waals surface area contributed by atoms with Crippen LogP contribution >= 0.6 is 11.8 Å². The lowest BCUT2D eigenvalue weighted by Crippen LogP contribution is -2.51. The summed E-state index contributed by atoms with van der Waals surface area (Å²) in [6.07, 6.45) is 3.09. The summed E-state index contributed by atoms with van der Waals surface area (Å²) in [6.45, 7) is 1.87. The maximum Gasteiger partial charge on any atom is 0.289 e. The molecular weight excluding hydrogens is 490 g/mol. The van der Waals surface area contributed by atoms with Crippen LogP contribution in [0.15, 0.2) is 93.2 Å². The van der Waals surface area contributed by atoms with Crippen LogP contribution in [0.4, 0.5) is 0 Å². The third-order valence-electron chi connectivity index (χ3n) is 6.36. The summed E-state index contributed by atoms with van der Waals surface area (Å²) in [7, 11) is 0. The van der Waals surface area contributed by atoms with E-state index in [2.05, 4.69) is 28.4 Å². The molecule has 6 rings (SSSR count). The molecular formula is C27H23N5O4S. The van der Waals surface area contributed by atoms with Crippen LogP contribution in [0.3, 0.4) is 0 Å². The maximum absolute atomic E-state index is 13.1.